The predicted molar refractivity (Wildman–Crippen MR) is 69.1 cm³/mol. The number of carbonyl (C=O) groups excluding carboxylic acids is 1. The molecule has 0 unspecified atom stereocenters. The molecule has 0 bridgehead atoms. The Morgan fingerprint density at radius 2 is 1.94 bits per heavy atom. The molecule has 0 atom stereocenters. The highest BCUT2D eigenvalue weighted by Gasteiger charge is 2.21. The molecule has 1 aromatic rings. The van der Waals surface area contributed by atoms with E-state index in [2.05, 4.69) is 5.32 Å². The van der Waals surface area contributed by atoms with Gasteiger partial charge in [-0.05, 0) is 31.0 Å². The maximum absolute atomic E-state index is 12.4. The number of amides is 1. The van der Waals surface area contributed by atoms with Crippen LogP contribution in [0.2, 0.25) is 0 Å². The summed E-state index contributed by atoms with van der Waals surface area (Å²) in [6.07, 6.45) is 0. The zero-order valence-corrected chi connectivity index (χ0v) is 10.4. The van der Waals surface area contributed by atoms with Crippen LogP contribution in [0.4, 0.5) is 5.69 Å². The van der Waals surface area contributed by atoms with Crippen LogP contribution in [-0.2, 0) is 0 Å². The maximum Gasteiger partial charge on any atom is 0.256 e. The first-order chi connectivity index (χ1) is 8.09. The van der Waals surface area contributed by atoms with Crippen molar-refractivity contribution in [2.45, 2.75) is 13.8 Å². The van der Waals surface area contributed by atoms with E-state index < -0.39 is 0 Å². The molecule has 2 rings (SSSR count). The second kappa shape index (κ2) is 4.75. The summed E-state index contributed by atoms with van der Waals surface area (Å²) in [5, 5.41) is 3.23. The maximum atomic E-state index is 12.4. The average Bonchev–Trinajstić information content (AvgIpc) is 2.28. The lowest BCUT2D eigenvalue weighted by Crippen LogP contribution is -2.46. The lowest BCUT2D eigenvalue weighted by Gasteiger charge is -2.28. The fourth-order valence-corrected chi connectivity index (χ4v) is 2.32. The van der Waals surface area contributed by atoms with Crippen molar-refractivity contribution in [3.8, 4) is 0 Å². The molecule has 4 heteroatoms. The summed E-state index contributed by atoms with van der Waals surface area (Å²) >= 11 is 0. The van der Waals surface area contributed by atoms with Gasteiger partial charge in [0.1, 0.15) is 0 Å². The SMILES string of the molecule is Cc1cc(C)c(C(=O)N2CCNCC2)c(N)c1. The second-order valence-corrected chi connectivity index (χ2v) is 4.59. The molecule has 1 heterocycles. The van der Waals surface area contributed by atoms with Gasteiger partial charge in [0.05, 0.1) is 5.56 Å². The monoisotopic (exact) mass is 233 g/mol. The molecule has 1 fully saturated rings. The van der Waals surface area contributed by atoms with E-state index in [0.29, 0.717) is 11.3 Å². The topological polar surface area (TPSA) is 58.4 Å². The zero-order chi connectivity index (χ0) is 12.4. The van der Waals surface area contributed by atoms with E-state index in [1.165, 1.54) is 0 Å². The number of nitrogens with one attached hydrogen (secondary N) is 1. The van der Waals surface area contributed by atoms with E-state index in [1.54, 1.807) is 0 Å². The number of benzene rings is 1. The molecular weight excluding hydrogens is 214 g/mol. The van der Waals surface area contributed by atoms with Crippen molar-refractivity contribution in [2.75, 3.05) is 31.9 Å². The summed E-state index contributed by atoms with van der Waals surface area (Å²) in [7, 11) is 0. The van der Waals surface area contributed by atoms with Crippen LogP contribution >= 0.6 is 0 Å². The van der Waals surface area contributed by atoms with Gasteiger partial charge in [-0.15, -0.1) is 0 Å². The highest BCUT2D eigenvalue weighted by molar-refractivity contribution is 6.00. The average molecular weight is 233 g/mol. The normalized spacial score (nSPS) is 16.0. The van der Waals surface area contributed by atoms with Crippen molar-refractivity contribution in [2.24, 2.45) is 0 Å². The Morgan fingerprint density at radius 3 is 2.53 bits per heavy atom. The van der Waals surface area contributed by atoms with Crippen LogP contribution in [0.5, 0.6) is 0 Å². The van der Waals surface area contributed by atoms with Gasteiger partial charge < -0.3 is 16.0 Å². The van der Waals surface area contributed by atoms with Gasteiger partial charge in [-0.1, -0.05) is 6.07 Å². The van der Waals surface area contributed by atoms with Crippen LogP contribution in [0.15, 0.2) is 12.1 Å². The number of anilines is 1. The Labute approximate surface area is 102 Å². The van der Waals surface area contributed by atoms with E-state index in [1.807, 2.05) is 30.9 Å². The molecule has 1 amide bonds. The first-order valence-electron chi connectivity index (χ1n) is 5.96. The molecule has 1 aliphatic rings. The first-order valence-corrected chi connectivity index (χ1v) is 5.96. The summed E-state index contributed by atoms with van der Waals surface area (Å²) in [4.78, 5) is 14.2. The van der Waals surface area contributed by atoms with Gasteiger partial charge >= 0.3 is 0 Å². The molecule has 0 spiro atoms. The summed E-state index contributed by atoms with van der Waals surface area (Å²) in [6, 6.07) is 3.87. The second-order valence-electron chi connectivity index (χ2n) is 4.59. The molecule has 1 aromatic carbocycles. The molecule has 0 saturated carbocycles. The minimum atomic E-state index is 0.0569. The number of nitrogen functional groups attached to an aromatic ring is 1. The number of carbonyl (C=O) groups is 1. The molecule has 1 saturated heterocycles. The molecule has 0 radical (unpaired) electrons. The van der Waals surface area contributed by atoms with Gasteiger partial charge in [-0.25, -0.2) is 0 Å². The summed E-state index contributed by atoms with van der Waals surface area (Å²) in [5.41, 5.74) is 9.28. The molecular formula is C13H19N3O. The number of nitrogens with zero attached hydrogens (tertiary/aromatic N) is 1. The minimum absolute atomic E-state index is 0.0569. The highest BCUT2D eigenvalue weighted by Crippen LogP contribution is 2.21. The Hall–Kier alpha value is -1.55. The molecule has 0 aliphatic carbocycles. The largest absolute Gasteiger partial charge is 0.398 e. The van der Waals surface area contributed by atoms with Crippen molar-refractivity contribution >= 4 is 11.6 Å². The van der Waals surface area contributed by atoms with Crippen molar-refractivity contribution in [3.05, 3.63) is 28.8 Å². The molecule has 17 heavy (non-hydrogen) atoms. The zero-order valence-electron chi connectivity index (χ0n) is 10.4. The Kier molecular flexibility index (Phi) is 3.33. The van der Waals surface area contributed by atoms with Crippen molar-refractivity contribution in [3.63, 3.8) is 0 Å². The van der Waals surface area contributed by atoms with E-state index in [0.717, 1.165) is 37.3 Å². The lowest BCUT2D eigenvalue weighted by atomic mass is 10.0. The molecule has 1 aliphatic heterocycles. The van der Waals surface area contributed by atoms with Gasteiger partial charge in [-0.2, -0.15) is 0 Å². The van der Waals surface area contributed by atoms with Crippen LogP contribution in [0, 0.1) is 13.8 Å². The van der Waals surface area contributed by atoms with E-state index in [4.69, 9.17) is 5.73 Å². The van der Waals surface area contributed by atoms with Crippen LogP contribution < -0.4 is 11.1 Å². The number of hydrogen-bond acceptors (Lipinski definition) is 3. The van der Waals surface area contributed by atoms with Gasteiger partial charge in [0.25, 0.3) is 5.91 Å². The first kappa shape index (κ1) is 11.9. The smallest absolute Gasteiger partial charge is 0.256 e. The Morgan fingerprint density at radius 1 is 1.29 bits per heavy atom. The Balaban J connectivity index is 2.30. The highest BCUT2D eigenvalue weighted by atomic mass is 16.2. The quantitative estimate of drug-likeness (QED) is 0.709. The van der Waals surface area contributed by atoms with Crippen molar-refractivity contribution in [1.82, 2.24) is 10.2 Å². The van der Waals surface area contributed by atoms with Crippen LogP contribution in [0.25, 0.3) is 0 Å². The number of nitrogens with two attached hydrogens (primary N) is 1. The predicted octanol–water partition coefficient (Wildman–Crippen LogP) is 0.931. The van der Waals surface area contributed by atoms with Crippen LogP contribution in [0.3, 0.4) is 0 Å². The van der Waals surface area contributed by atoms with E-state index in [-0.39, 0.29) is 5.91 Å². The third-order valence-electron chi connectivity index (χ3n) is 3.13. The third kappa shape index (κ3) is 2.42. The molecule has 4 nitrogen and oxygen atoms in total. The Bertz CT molecular complexity index is 413. The van der Waals surface area contributed by atoms with E-state index >= 15 is 0 Å². The molecule has 92 valence electrons. The number of aryl methyl sites for hydroxylation is 2. The number of rotatable bonds is 1. The minimum Gasteiger partial charge on any atom is -0.398 e. The third-order valence-corrected chi connectivity index (χ3v) is 3.13. The van der Waals surface area contributed by atoms with Crippen molar-refractivity contribution < 1.29 is 4.79 Å². The van der Waals surface area contributed by atoms with Gasteiger partial charge in [0.2, 0.25) is 0 Å². The summed E-state index contributed by atoms with van der Waals surface area (Å²) in [6.45, 7) is 7.16. The lowest BCUT2D eigenvalue weighted by molar-refractivity contribution is 0.0736. The summed E-state index contributed by atoms with van der Waals surface area (Å²) < 4.78 is 0. The standard InChI is InChI=1S/C13H19N3O/c1-9-7-10(2)12(11(14)8-9)13(17)16-5-3-15-4-6-16/h7-8,15H,3-6,14H2,1-2H3. The van der Waals surface area contributed by atoms with Crippen LogP contribution in [-0.4, -0.2) is 37.0 Å². The molecule has 3 N–H and O–H groups in total. The number of piperazine rings is 1. The number of hydrogen-bond donors (Lipinski definition) is 2. The van der Waals surface area contributed by atoms with E-state index in [9.17, 15) is 4.79 Å². The summed E-state index contributed by atoms with van der Waals surface area (Å²) in [5.74, 6) is 0.0569. The fraction of sp³-hybridized carbons (Fsp3) is 0.462. The molecule has 0 aromatic heterocycles. The van der Waals surface area contributed by atoms with Gasteiger partial charge in [-0.3, -0.25) is 4.79 Å². The van der Waals surface area contributed by atoms with Crippen molar-refractivity contribution in [1.29, 1.82) is 0 Å². The van der Waals surface area contributed by atoms with Crippen LogP contribution in [0.1, 0.15) is 21.5 Å². The fourth-order valence-electron chi connectivity index (χ4n) is 2.32. The van der Waals surface area contributed by atoms with Gasteiger partial charge in [0, 0.05) is 31.9 Å². The van der Waals surface area contributed by atoms with Gasteiger partial charge in [0.15, 0.2) is 0 Å².